The van der Waals surface area contributed by atoms with E-state index in [2.05, 4.69) is 19.2 Å². The van der Waals surface area contributed by atoms with Crippen LogP contribution >= 0.6 is 12.6 Å². The summed E-state index contributed by atoms with van der Waals surface area (Å²) in [7, 11) is 0. The third kappa shape index (κ3) is 3.75. The Labute approximate surface area is 95.2 Å². The zero-order chi connectivity index (χ0) is 8.97. The van der Waals surface area contributed by atoms with Gasteiger partial charge in [-0.25, -0.2) is 4.79 Å². The molecule has 0 heterocycles. The first-order valence-electron chi connectivity index (χ1n) is 3.36. The van der Waals surface area contributed by atoms with Crippen LogP contribution in [0.2, 0.25) is 0 Å². The molecule has 2 nitrogen and oxygen atoms in total. The van der Waals surface area contributed by atoms with E-state index < -0.39 is 5.97 Å². The maximum absolute atomic E-state index is 10.8. The summed E-state index contributed by atoms with van der Waals surface area (Å²) in [5.41, 5.74) is 0. The summed E-state index contributed by atoms with van der Waals surface area (Å²) in [5, 5.41) is 0. The monoisotopic (exact) mass is 244 g/mol. The number of ether oxygens (including phenoxy) is 1. The van der Waals surface area contributed by atoms with Gasteiger partial charge in [-0.2, -0.15) is 0 Å². The molecule has 0 bridgehead atoms. The second kappa shape index (κ2) is 5.95. The van der Waals surface area contributed by atoms with Crippen molar-refractivity contribution in [3.63, 3.8) is 0 Å². The predicted molar refractivity (Wildman–Crippen MR) is 49.5 cm³/mol. The first kappa shape index (κ1) is 12.4. The van der Waals surface area contributed by atoms with E-state index >= 15 is 0 Å². The first-order valence-corrected chi connectivity index (χ1v) is 3.81. The Balaban J connectivity index is 0.00000144. The number of carbonyl (C=O) groups excluding carboxylic acids is 1. The van der Waals surface area contributed by atoms with Crippen LogP contribution in [0.3, 0.4) is 0 Å². The summed E-state index contributed by atoms with van der Waals surface area (Å²) in [6.45, 7) is 3.29. The van der Waals surface area contributed by atoms with Crippen LogP contribution in [-0.2, 0) is 24.3 Å². The molecule has 0 amide bonds. The van der Waals surface area contributed by atoms with Gasteiger partial charge in [0.05, 0.1) is 0 Å². The molecule has 64 valence electrons. The van der Waals surface area contributed by atoms with Gasteiger partial charge < -0.3 is 4.74 Å². The molecule has 0 N–H and O–H groups in total. The maximum Gasteiger partial charge on any atom is 0.335 e. The SMILES string of the molecule is C=CC(=O)Oc1ccccc1S.[Zn]. The molecule has 0 aliphatic rings. The summed E-state index contributed by atoms with van der Waals surface area (Å²) < 4.78 is 4.86. The van der Waals surface area contributed by atoms with Crippen LogP contribution in [0.1, 0.15) is 0 Å². The molecule has 0 radical (unpaired) electrons. The van der Waals surface area contributed by atoms with E-state index in [0.29, 0.717) is 10.6 Å². The molecule has 0 aromatic heterocycles. The second-order valence-electron chi connectivity index (χ2n) is 2.09. The van der Waals surface area contributed by atoms with Crippen LogP contribution in [-0.4, -0.2) is 5.97 Å². The molecule has 0 fully saturated rings. The maximum atomic E-state index is 10.8. The van der Waals surface area contributed by atoms with Crippen molar-refractivity contribution in [2.45, 2.75) is 4.90 Å². The van der Waals surface area contributed by atoms with E-state index in [-0.39, 0.29) is 19.5 Å². The fraction of sp³-hybridized carbons (Fsp3) is 0. The summed E-state index contributed by atoms with van der Waals surface area (Å²) in [4.78, 5) is 11.4. The molecule has 1 rings (SSSR count). The van der Waals surface area contributed by atoms with Crippen molar-refractivity contribution in [2.75, 3.05) is 0 Å². The molecule has 1 aromatic carbocycles. The van der Waals surface area contributed by atoms with Gasteiger partial charge in [0, 0.05) is 30.4 Å². The standard InChI is InChI=1S/C9H8O2S.Zn/c1-2-9(10)11-7-5-3-4-6-8(7)12;/h2-6,12H,1H2;. The van der Waals surface area contributed by atoms with E-state index in [0.717, 1.165) is 6.08 Å². The van der Waals surface area contributed by atoms with E-state index in [1.54, 1.807) is 18.2 Å². The van der Waals surface area contributed by atoms with Gasteiger partial charge >= 0.3 is 5.97 Å². The van der Waals surface area contributed by atoms with Crippen LogP contribution in [0.15, 0.2) is 41.8 Å². The van der Waals surface area contributed by atoms with Crippen molar-refractivity contribution in [2.24, 2.45) is 0 Å². The van der Waals surface area contributed by atoms with Crippen molar-refractivity contribution < 1.29 is 29.0 Å². The van der Waals surface area contributed by atoms with Crippen LogP contribution in [0.4, 0.5) is 0 Å². The zero-order valence-corrected chi connectivity index (χ0v) is 10.9. The van der Waals surface area contributed by atoms with Gasteiger partial charge in [-0.05, 0) is 12.1 Å². The van der Waals surface area contributed by atoms with E-state index in [1.165, 1.54) is 0 Å². The number of hydrogen-bond donors (Lipinski definition) is 1. The normalized spacial score (nSPS) is 8.38. The van der Waals surface area contributed by atoms with Crippen LogP contribution in [0, 0.1) is 0 Å². The molecular weight excluding hydrogens is 238 g/mol. The third-order valence-electron chi connectivity index (χ3n) is 1.24. The van der Waals surface area contributed by atoms with Crippen molar-refractivity contribution in [1.29, 1.82) is 0 Å². The molecule has 13 heavy (non-hydrogen) atoms. The van der Waals surface area contributed by atoms with E-state index in [1.807, 2.05) is 6.07 Å². The van der Waals surface area contributed by atoms with Crippen LogP contribution in [0.5, 0.6) is 5.75 Å². The summed E-state index contributed by atoms with van der Waals surface area (Å²) in [5.74, 6) is -0.0257. The van der Waals surface area contributed by atoms with E-state index in [9.17, 15) is 4.79 Å². The molecule has 0 unspecified atom stereocenters. The van der Waals surface area contributed by atoms with Gasteiger partial charge in [-0.1, -0.05) is 18.7 Å². The number of esters is 1. The molecule has 0 saturated heterocycles. The fourth-order valence-corrected chi connectivity index (χ4v) is 0.900. The Morgan fingerprint density at radius 3 is 2.62 bits per heavy atom. The molecule has 0 atom stereocenters. The molecular formula is C9H8O2SZn. The number of benzene rings is 1. The minimum Gasteiger partial charge on any atom is -0.422 e. The van der Waals surface area contributed by atoms with Crippen molar-refractivity contribution in [1.82, 2.24) is 0 Å². The molecule has 1 aromatic rings. The Hall–Kier alpha value is -0.597. The topological polar surface area (TPSA) is 26.3 Å². The average Bonchev–Trinajstić information content (AvgIpc) is 2.09. The molecule has 0 aliphatic carbocycles. The number of rotatable bonds is 2. The van der Waals surface area contributed by atoms with Gasteiger partial charge in [-0.15, -0.1) is 12.6 Å². The minimum absolute atomic E-state index is 0. The minimum atomic E-state index is -0.475. The van der Waals surface area contributed by atoms with Gasteiger partial charge in [0.25, 0.3) is 0 Å². The number of carbonyl (C=O) groups is 1. The summed E-state index contributed by atoms with van der Waals surface area (Å²) in [6.07, 6.45) is 1.11. The predicted octanol–water partition coefficient (Wildman–Crippen LogP) is 2.06. The second-order valence-corrected chi connectivity index (χ2v) is 2.57. The largest absolute Gasteiger partial charge is 0.422 e. The number of para-hydroxylation sites is 1. The van der Waals surface area contributed by atoms with Crippen LogP contribution < -0.4 is 4.74 Å². The molecule has 4 heteroatoms. The number of hydrogen-bond acceptors (Lipinski definition) is 3. The summed E-state index contributed by atoms with van der Waals surface area (Å²) in [6, 6.07) is 7.00. The van der Waals surface area contributed by atoms with Crippen molar-refractivity contribution in [3.8, 4) is 5.75 Å². The Kier molecular flexibility index (Phi) is 5.68. The van der Waals surface area contributed by atoms with E-state index in [4.69, 9.17) is 4.74 Å². The van der Waals surface area contributed by atoms with Crippen LogP contribution in [0.25, 0.3) is 0 Å². The van der Waals surface area contributed by atoms with Gasteiger partial charge in [0.15, 0.2) is 0 Å². The molecule has 0 spiro atoms. The zero-order valence-electron chi connectivity index (χ0n) is 7.06. The average molecular weight is 246 g/mol. The molecule has 0 saturated carbocycles. The van der Waals surface area contributed by atoms with Crippen molar-refractivity contribution >= 4 is 18.6 Å². The smallest absolute Gasteiger partial charge is 0.335 e. The van der Waals surface area contributed by atoms with Gasteiger partial charge in [0.1, 0.15) is 5.75 Å². The Bertz CT molecular complexity index is 312. The van der Waals surface area contributed by atoms with Crippen molar-refractivity contribution in [3.05, 3.63) is 36.9 Å². The van der Waals surface area contributed by atoms with Gasteiger partial charge in [0.2, 0.25) is 0 Å². The Morgan fingerprint density at radius 2 is 2.08 bits per heavy atom. The Morgan fingerprint density at radius 1 is 1.46 bits per heavy atom. The first-order chi connectivity index (χ1) is 5.74. The fourth-order valence-electron chi connectivity index (χ4n) is 0.694. The van der Waals surface area contributed by atoms with Gasteiger partial charge in [-0.3, -0.25) is 0 Å². The quantitative estimate of drug-likeness (QED) is 0.284. The summed E-state index contributed by atoms with van der Waals surface area (Å²) >= 11 is 4.10. The molecule has 0 aliphatic heterocycles. The third-order valence-corrected chi connectivity index (χ3v) is 1.61. The number of thiol groups is 1.